The van der Waals surface area contributed by atoms with Gasteiger partial charge in [0.25, 0.3) is 5.91 Å². The van der Waals surface area contributed by atoms with Crippen LogP contribution in [0.3, 0.4) is 0 Å². The number of fused-ring (bicyclic) bond motifs is 1. The topological polar surface area (TPSA) is 58.2 Å². The fourth-order valence-corrected chi connectivity index (χ4v) is 4.16. The van der Waals surface area contributed by atoms with Crippen molar-refractivity contribution >= 4 is 11.6 Å². The van der Waals surface area contributed by atoms with Crippen LogP contribution >= 0.6 is 0 Å². The Morgan fingerprint density at radius 2 is 1.70 bits per heavy atom. The van der Waals surface area contributed by atoms with E-state index in [2.05, 4.69) is 10.2 Å². The molecule has 1 amide bonds. The molecule has 0 aliphatic carbocycles. The van der Waals surface area contributed by atoms with Crippen LogP contribution in [0.4, 0.5) is 18.9 Å². The number of rotatable bonds is 4. The zero-order chi connectivity index (χ0) is 23.2. The third-order valence-corrected chi connectivity index (χ3v) is 5.70. The fourth-order valence-electron chi connectivity index (χ4n) is 4.16. The van der Waals surface area contributed by atoms with E-state index >= 15 is 0 Å². The fraction of sp³-hybridized carbons (Fsp3) is 0.120. The smallest absolute Gasteiger partial charge is 0.416 e. The minimum atomic E-state index is -4.53. The first-order valence-electron chi connectivity index (χ1n) is 10.2. The third kappa shape index (κ3) is 3.53. The van der Waals surface area contributed by atoms with E-state index in [9.17, 15) is 18.0 Å². The number of alkyl halides is 3. The normalized spacial score (nSPS) is 15.6. The zero-order valence-corrected chi connectivity index (χ0v) is 17.4. The van der Waals surface area contributed by atoms with Crippen molar-refractivity contribution in [3.05, 3.63) is 101 Å². The summed E-state index contributed by atoms with van der Waals surface area (Å²) in [6, 6.07) is 20.6. The van der Waals surface area contributed by atoms with Gasteiger partial charge in [0, 0.05) is 16.8 Å². The number of hydrogen-bond acceptors (Lipinski definition) is 3. The maximum Gasteiger partial charge on any atom is 0.416 e. The van der Waals surface area contributed by atoms with Crippen molar-refractivity contribution in [1.82, 2.24) is 10.2 Å². The van der Waals surface area contributed by atoms with Crippen molar-refractivity contribution < 1.29 is 22.7 Å². The maximum absolute atomic E-state index is 13.5. The van der Waals surface area contributed by atoms with E-state index in [1.54, 1.807) is 31.4 Å². The predicted molar refractivity (Wildman–Crippen MR) is 117 cm³/mol. The van der Waals surface area contributed by atoms with E-state index in [-0.39, 0.29) is 11.4 Å². The molecule has 2 heterocycles. The quantitative estimate of drug-likeness (QED) is 0.425. The number of halogens is 3. The van der Waals surface area contributed by atoms with Crippen molar-refractivity contribution in [1.29, 1.82) is 0 Å². The first-order valence-corrected chi connectivity index (χ1v) is 10.2. The highest BCUT2D eigenvalue weighted by atomic mass is 19.4. The van der Waals surface area contributed by atoms with Gasteiger partial charge in [-0.25, -0.2) is 0 Å². The highest BCUT2D eigenvalue weighted by molar-refractivity contribution is 6.11. The highest BCUT2D eigenvalue weighted by Crippen LogP contribution is 2.46. The Kier molecular flexibility index (Phi) is 4.92. The van der Waals surface area contributed by atoms with Crippen LogP contribution < -0.4 is 9.64 Å². The number of aromatic amines is 1. The summed E-state index contributed by atoms with van der Waals surface area (Å²) in [4.78, 5) is 14.8. The standard InChI is InChI=1S/C25H18F3N3O2/c1-33-19-12-10-16(11-13-19)23-20-21(15-6-3-2-4-7-15)29-30-22(20)24(32)31(23)18-9-5-8-17(14-18)25(26,27)28/h2-14,23H,1H3,(H,29,30)/t23-/m0/s1. The first kappa shape index (κ1) is 20.8. The molecular formula is C25H18F3N3O2. The van der Waals surface area contributed by atoms with Gasteiger partial charge in [-0.15, -0.1) is 0 Å². The molecule has 0 saturated heterocycles. The van der Waals surface area contributed by atoms with Crippen molar-refractivity contribution in [2.45, 2.75) is 12.2 Å². The molecule has 0 unspecified atom stereocenters. The van der Waals surface area contributed by atoms with E-state index in [0.717, 1.165) is 23.3 Å². The largest absolute Gasteiger partial charge is 0.497 e. The minimum Gasteiger partial charge on any atom is -0.497 e. The van der Waals surface area contributed by atoms with E-state index in [4.69, 9.17) is 4.74 Å². The molecule has 4 aromatic rings. The minimum absolute atomic E-state index is 0.152. The molecule has 1 aromatic heterocycles. The summed E-state index contributed by atoms with van der Waals surface area (Å²) >= 11 is 0. The summed E-state index contributed by atoms with van der Waals surface area (Å²) in [6.45, 7) is 0. The van der Waals surface area contributed by atoms with Crippen LogP contribution in [-0.4, -0.2) is 23.2 Å². The Morgan fingerprint density at radius 3 is 2.36 bits per heavy atom. The average molecular weight is 449 g/mol. The monoisotopic (exact) mass is 449 g/mol. The number of anilines is 1. The van der Waals surface area contributed by atoms with Gasteiger partial charge in [0.2, 0.25) is 0 Å². The number of carbonyl (C=O) groups is 1. The molecule has 1 N–H and O–H groups in total. The van der Waals surface area contributed by atoms with Crippen LogP contribution in [0.5, 0.6) is 5.75 Å². The molecule has 1 atom stereocenters. The molecule has 0 saturated carbocycles. The molecule has 0 bridgehead atoms. The first-order chi connectivity index (χ1) is 15.9. The molecule has 8 heteroatoms. The predicted octanol–water partition coefficient (Wildman–Crippen LogP) is 5.85. The Hall–Kier alpha value is -4.07. The average Bonchev–Trinajstić information content (AvgIpc) is 3.38. The number of carbonyl (C=O) groups excluding carboxylic acids is 1. The second-order valence-corrected chi connectivity index (χ2v) is 7.63. The van der Waals surface area contributed by atoms with Crippen LogP contribution in [0.2, 0.25) is 0 Å². The Balaban J connectivity index is 1.70. The summed E-state index contributed by atoms with van der Waals surface area (Å²) in [5, 5.41) is 7.19. The Labute approximate surface area is 187 Å². The molecule has 3 aromatic carbocycles. The second kappa shape index (κ2) is 7.81. The number of amides is 1. The molecule has 1 aliphatic rings. The molecule has 166 valence electrons. The number of methoxy groups -OCH3 is 1. The molecule has 0 fully saturated rings. The number of H-pyrrole nitrogens is 1. The molecule has 33 heavy (non-hydrogen) atoms. The SMILES string of the molecule is COc1ccc([C@H]2c3c(-c4ccccc4)n[nH]c3C(=O)N2c2cccc(C(F)(F)F)c2)cc1. The van der Waals surface area contributed by atoms with Gasteiger partial charge in [0.05, 0.1) is 24.4 Å². The number of aromatic nitrogens is 2. The van der Waals surface area contributed by atoms with Gasteiger partial charge in [-0.05, 0) is 35.9 Å². The van der Waals surface area contributed by atoms with Gasteiger partial charge >= 0.3 is 6.18 Å². The number of ether oxygens (including phenoxy) is 1. The summed E-state index contributed by atoms with van der Waals surface area (Å²) in [5.41, 5.74) is 2.30. The van der Waals surface area contributed by atoms with Gasteiger partial charge in [0.1, 0.15) is 11.4 Å². The summed E-state index contributed by atoms with van der Waals surface area (Å²) < 4.78 is 45.5. The van der Waals surface area contributed by atoms with E-state index < -0.39 is 23.7 Å². The van der Waals surface area contributed by atoms with Gasteiger partial charge in [-0.3, -0.25) is 14.8 Å². The lowest BCUT2D eigenvalue weighted by Crippen LogP contribution is -2.29. The van der Waals surface area contributed by atoms with Gasteiger partial charge < -0.3 is 4.74 Å². The van der Waals surface area contributed by atoms with E-state index in [1.807, 2.05) is 30.3 Å². The lowest BCUT2D eigenvalue weighted by atomic mass is 9.95. The van der Waals surface area contributed by atoms with Crippen LogP contribution in [0.15, 0.2) is 78.9 Å². The summed E-state index contributed by atoms with van der Waals surface area (Å²) in [5.74, 6) is 0.184. The van der Waals surface area contributed by atoms with Crippen LogP contribution in [0.25, 0.3) is 11.3 Å². The Morgan fingerprint density at radius 1 is 0.970 bits per heavy atom. The van der Waals surface area contributed by atoms with Crippen LogP contribution in [0, 0.1) is 0 Å². The molecule has 1 aliphatic heterocycles. The number of hydrogen-bond donors (Lipinski definition) is 1. The molecule has 5 rings (SSSR count). The molecule has 5 nitrogen and oxygen atoms in total. The number of nitrogens with one attached hydrogen (secondary N) is 1. The maximum atomic E-state index is 13.5. The van der Waals surface area contributed by atoms with Crippen molar-refractivity contribution in [2.75, 3.05) is 12.0 Å². The van der Waals surface area contributed by atoms with Crippen LogP contribution in [-0.2, 0) is 6.18 Å². The molecule has 0 radical (unpaired) electrons. The molecular weight excluding hydrogens is 431 g/mol. The van der Waals surface area contributed by atoms with Gasteiger partial charge in [0.15, 0.2) is 0 Å². The summed E-state index contributed by atoms with van der Waals surface area (Å²) in [6.07, 6.45) is -4.53. The number of benzene rings is 3. The third-order valence-electron chi connectivity index (χ3n) is 5.70. The van der Waals surface area contributed by atoms with Crippen molar-refractivity contribution in [3.8, 4) is 17.0 Å². The second-order valence-electron chi connectivity index (χ2n) is 7.63. The van der Waals surface area contributed by atoms with Crippen molar-refractivity contribution in [2.24, 2.45) is 0 Å². The Bertz CT molecular complexity index is 1310. The van der Waals surface area contributed by atoms with Crippen molar-refractivity contribution in [3.63, 3.8) is 0 Å². The lowest BCUT2D eigenvalue weighted by Gasteiger charge is -2.27. The molecule has 0 spiro atoms. The summed E-state index contributed by atoms with van der Waals surface area (Å²) in [7, 11) is 1.55. The van der Waals surface area contributed by atoms with Crippen LogP contribution in [0.1, 0.15) is 33.2 Å². The van der Waals surface area contributed by atoms with Gasteiger partial charge in [-0.2, -0.15) is 18.3 Å². The van der Waals surface area contributed by atoms with E-state index in [0.29, 0.717) is 17.0 Å². The highest BCUT2D eigenvalue weighted by Gasteiger charge is 2.43. The lowest BCUT2D eigenvalue weighted by molar-refractivity contribution is -0.137. The van der Waals surface area contributed by atoms with Gasteiger partial charge in [-0.1, -0.05) is 48.5 Å². The number of nitrogens with zero attached hydrogens (tertiary/aromatic N) is 2. The van der Waals surface area contributed by atoms with E-state index in [1.165, 1.54) is 17.0 Å². The zero-order valence-electron chi connectivity index (χ0n) is 17.4.